The molecule has 1 heterocycles. The molecule has 0 bridgehead atoms. The highest BCUT2D eigenvalue weighted by Gasteiger charge is 2.23. The number of anilines is 4. The summed E-state index contributed by atoms with van der Waals surface area (Å²) in [5, 5.41) is 21.5. The number of hydrogen-bond acceptors (Lipinski definition) is 19. The summed E-state index contributed by atoms with van der Waals surface area (Å²) < 4.78 is 148. The third-order valence-electron chi connectivity index (χ3n) is 9.66. The van der Waals surface area contributed by atoms with Gasteiger partial charge in [0, 0.05) is 33.7 Å². The zero-order valence-corrected chi connectivity index (χ0v) is 37.9. The molecule has 0 radical (unpaired) electrons. The molecule has 6 aromatic carbocycles. The summed E-state index contributed by atoms with van der Waals surface area (Å²) in [7, 11) is -16.8. The van der Waals surface area contributed by atoms with Crippen LogP contribution in [0.4, 0.5) is 46.0 Å². The molecular weight excluding hydrogens is 963 g/mol. The SMILES string of the molecule is COc1cc(/N=N/c2cc(S(=O)(=O)O)c3cccc(S(=O)(=O)O)c3c2)c(C)cc1Nc1nc(=O)nc(Nc2cc(C)c(/N=N/c3cc(S(=O)(=O)O)c4cccc(S(=O)(=O)O)c4c3)cc2OC)[nH]1. The van der Waals surface area contributed by atoms with Crippen LogP contribution in [0, 0.1) is 13.8 Å². The Hall–Kier alpha value is -7.31. The lowest BCUT2D eigenvalue weighted by atomic mass is 10.1. The van der Waals surface area contributed by atoms with Gasteiger partial charge in [0.05, 0.1) is 48.3 Å². The Balaban J connectivity index is 1.16. The molecule has 348 valence electrons. The molecule has 0 amide bonds. The zero-order valence-electron chi connectivity index (χ0n) is 34.7. The summed E-state index contributed by atoms with van der Waals surface area (Å²) in [5.41, 5.74) is 0.500. The first-order chi connectivity index (χ1) is 31.3. The highest BCUT2D eigenvalue weighted by Crippen LogP contribution is 2.39. The van der Waals surface area contributed by atoms with Crippen LogP contribution in [0.2, 0.25) is 0 Å². The normalized spacial score (nSPS) is 12.6. The van der Waals surface area contributed by atoms with Crippen LogP contribution < -0.4 is 25.8 Å². The molecule has 67 heavy (non-hydrogen) atoms. The van der Waals surface area contributed by atoms with Crippen molar-refractivity contribution in [2.75, 3.05) is 24.9 Å². The van der Waals surface area contributed by atoms with E-state index in [-0.39, 0.29) is 79.1 Å². The van der Waals surface area contributed by atoms with Crippen molar-refractivity contribution in [3.8, 4) is 11.5 Å². The van der Waals surface area contributed by atoms with E-state index in [4.69, 9.17) is 9.47 Å². The number of rotatable bonds is 14. The van der Waals surface area contributed by atoms with Gasteiger partial charge in [-0.2, -0.15) is 64.1 Å². The van der Waals surface area contributed by atoms with Crippen LogP contribution in [-0.2, 0) is 40.5 Å². The highest BCUT2D eigenvalue weighted by molar-refractivity contribution is 7.87. The van der Waals surface area contributed by atoms with Crippen molar-refractivity contribution in [2.24, 2.45) is 20.5 Å². The molecule has 0 atom stereocenters. The van der Waals surface area contributed by atoms with Gasteiger partial charge in [-0.3, -0.25) is 23.2 Å². The van der Waals surface area contributed by atoms with Gasteiger partial charge >= 0.3 is 5.69 Å². The van der Waals surface area contributed by atoms with Crippen LogP contribution in [0.3, 0.4) is 0 Å². The number of methoxy groups -OCH3 is 2. The molecule has 0 saturated carbocycles. The maximum absolute atomic E-state index is 12.7. The molecule has 0 unspecified atom stereocenters. The summed E-state index contributed by atoms with van der Waals surface area (Å²) >= 11 is 0. The quantitative estimate of drug-likeness (QED) is 0.0411. The van der Waals surface area contributed by atoms with Crippen molar-refractivity contribution in [1.29, 1.82) is 0 Å². The highest BCUT2D eigenvalue weighted by atomic mass is 32.2. The van der Waals surface area contributed by atoms with Gasteiger partial charge in [-0.25, -0.2) is 4.79 Å². The van der Waals surface area contributed by atoms with Crippen molar-refractivity contribution in [2.45, 2.75) is 33.4 Å². The van der Waals surface area contributed by atoms with Crippen molar-refractivity contribution in [3.05, 3.63) is 107 Å². The monoisotopic (exact) mass is 995 g/mol. The van der Waals surface area contributed by atoms with Crippen molar-refractivity contribution < 1.29 is 61.4 Å². The number of nitrogens with one attached hydrogen (secondary N) is 3. The molecular formula is C39H33N9O15S4. The molecule has 7 rings (SSSR count). The number of fused-ring (bicyclic) bond motifs is 2. The number of aromatic amines is 1. The summed E-state index contributed by atoms with van der Waals surface area (Å²) in [5.74, 6) is 0.0725. The van der Waals surface area contributed by atoms with E-state index in [0.717, 1.165) is 24.3 Å². The Morgan fingerprint density at radius 1 is 0.507 bits per heavy atom. The lowest BCUT2D eigenvalue weighted by molar-refractivity contribution is 0.417. The Labute approximate surface area is 379 Å². The van der Waals surface area contributed by atoms with Gasteiger partial charge in [0.15, 0.2) is 0 Å². The third-order valence-corrected chi connectivity index (χ3v) is 13.3. The fourth-order valence-corrected chi connectivity index (χ4v) is 9.54. The minimum atomic E-state index is -4.91. The van der Waals surface area contributed by atoms with Crippen LogP contribution in [0.5, 0.6) is 11.5 Å². The van der Waals surface area contributed by atoms with E-state index in [1.54, 1.807) is 26.0 Å². The van der Waals surface area contributed by atoms with E-state index >= 15 is 0 Å². The molecule has 7 aromatic rings. The van der Waals surface area contributed by atoms with E-state index in [9.17, 15) is 56.7 Å². The van der Waals surface area contributed by atoms with Gasteiger partial charge in [-0.05, 0) is 73.5 Å². The van der Waals surface area contributed by atoms with E-state index in [1.807, 2.05) is 0 Å². The first-order valence-electron chi connectivity index (χ1n) is 18.6. The Morgan fingerprint density at radius 2 is 0.881 bits per heavy atom. The first-order valence-corrected chi connectivity index (χ1v) is 24.4. The number of aryl methyl sites for hydroxylation is 2. The average molecular weight is 996 g/mol. The molecule has 0 saturated heterocycles. The molecule has 7 N–H and O–H groups in total. The number of benzene rings is 6. The molecule has 1 aromatic heterocycles. The lowest BCUT2D eigenvalue weighted by Gasteiger charge is -2.15. The van der Waals surface area contributed by atoms with Crippen LogP contribution in [0.15, 0.2) is 130 Å². The summed E-state index contributed by atoms with van der Waals surface area (Å²) in [4.78, 5) is 20.7. The second-order valence-electron chi connectivity index (χ2n) is 14.1. The van der Waals surface area contributed by atoms with Gasteiger partial charge in [-0.1, -0.05) is 24.3 Å². The molecule has 28 heteroatoms. The summed E-state index contributed by atoms with van der Waals surface area (Å²) in [6.45, 7) is 3.26. The maximum atomic E-state index is 12.7. The van der Waals surface area contributed by atoms with Crippen LogP contribution in [0.1, 0.15) is 11.1 Å². The van der Waals surface area contributed by atoms with Crippen molar-refractivity contribution >= 4 is 108 Å². The second-order valence-corrected chi connectivity index (χ2v) is 19.7. The first kappa shape index (κ1) is 47.6. The van der Waals surface area contributed by atoms with Crippen LogP contribution in [-0.4, -0.2) is 81.1 Å². The number of nitrogens with zero attached hydrogens (tertiary/aromatic N) is 6. The molecule has 0 spiro atoms. The Morgan fingerprint density at radius 3 is 1.22 bits per heavy atom. The van der Waals surface area contributed by atoms with Crippen LogP contribution >= 0.6 is 0 Å². The number of azo groups is 2. The Bertz CT molecular complexity index is 3550. The van der Waals surface area contributed by atoms with Gasteiger partial charge in [0.2, 0.25) is 11.9 Å². The minimum absolute atomic E-state index is 0.115. The largest absolute Gasteiger partial charge is 0.494 e. The molecule has 0 aliphatic carbocycles. The molecule has 0 aliphatic heterocycles. The predicted molar refractivity (Wildman–Crippen MR) is 240 cm³/mol. The Kier molecular flexibility index (Phi) is 12.7. The van der Waals surface area contributed by atoms with E-state index in [1.165, 1.54) is 62.8 Å². The standard InChI is InChI=1S/C39H33N9O15S4/c1-19-11-29(31(62-3)17-27(19)47-45-21-13-25-23(35(15-21)66(56,57)58)7-5-9-33(25)64(50,51)52)40-37-42-38(44-39(49)43-37)41-30-12-20(2)28(18-32(30)63-4)48-46-22-14-26-24(36(16-22)67(59,60)61)8-6-10-34(26)65(53,54)55/h5-18H,1-4H3,(H,50,51,52)(H,53,54,55)(H,56,57,58)(H,59,60,61)(H3,40,41,42,43,44,49)/b47-45+,48-46+. The van der Waals surface area contributed by atoms with Gasteiger partial charge in [0.25, 0.3) is 40.5 Å². The number of H-pyrrole nitrogens is 1. The molecule has 0 fully saturated rings. The number of hydrogen-bond donors (Lipinski definition) is 7. The summed E-state index contributed by atoms with van der Waals surface area (Å²) in [6.07, 6.45) is 0. The molecule has 24 nitrogen and oxygen atoms in total. The lowest BCUT2D eigenvalue weighted by Crippen LogP contribution is -2.17. The fourth-order valence-electron chi connectivity index (χ4n) is 6.70. The molecule has 0 aliphatic rings. The van der Waals surface area contributed by atoms with Crippen molar-refractivity contribution in [3.63, 3.8) is 0 Å². The van der Waals surface area contributed by atoms with Gasteiger partial charge in [0.1, 0.15) is 31.1 Å². The smallest absolute Gasteiger partial charge is 0.373 e. The average Bonchev–Trinajstić information content (AvgIpc) is 3.23. The van der Waals surface area contributed by atoms with E-state index in [0.29, 0.717) is 11.1 Å². The van der Waals surface area contributed by atoms with E-state index < -0.39 is 65.7 Å². The van der Waals surface area contributed by atoms with Gasteiger partial charge < -0.3 is 20.1 Å². The summed E-state index contributed by atoms with van der Waals surface area (Å²) in [6, 6.07) is 17.2. The minimum Gasteiger partial charge on any atom is -0.494 e. The number of aromatic nitrogens is 3. The fraction of sp³-hybridized carbons (Fsp3) is 0.103. The van der Waals surface area contributed by atoms with Crippen molar-refractivity contribution in [1.82, 2.24) is 15.0 Å². The van der Waals surface area contributed by atoms with E-state index in [2.05, 4.69) is 46.0 Å². The predicted octanol–water partition coefficient (Wildman–Crippen LogP) is 7.41. The second kappa shape index (κ2) is 17.8. The topological polar surface area (TPSA) is 368 Å². The van der Waals surface area contributed by atoms with Gasteiger partial charge in [-0.15, -0.1) is 0 Å². The zero-order chi connectivity index (χ0) is 48.8. The number of ether oxygens (including phenoxy) is 2. The maximum Gasteiger partial charge on any atom is 0.373 e. The van der Waals surface area contributed by atoms with Crippen LogP contribution in [0.25, 0.3) is 21.5 Å². The third kappa shape index (κ3) is 10.4.